The van der Waals surface area contributed by atoms with Gasteiger partial charge >= 0.3 is 0 Å². The third-order valence-corrected chi connectivity index (χ3v) is 0.995. The zero-order valence-electron chi connectivity index (χ0n) is 4.42. The topological polar surface area (TPSA) is 0 Å². The van der Waals surface area contributed by atoms with E-state index >= 15 is 0 Å². The van der Waals surface area contributed by atoms with Crippen LogP contribution < -0.4 is 0 Å². The van der Waals surface area contributed by atoms with Crippen molar-refractivity contribution in [3.8, 4) is 0 Å². The summed E-state index contributed by atoms with van der Waals surface area (Å²) in [4.78, 5) is 0. The van der Waals surface area contributed by atoms with Crippen LogP contribution in [0, 0.1) is 0 Å². The predicted octanol–water partition coefficient (Wildman–Crippen LogP) is 2.94. The molecule has 0 aromatic heterocycles. The Bertz CT molecular complexity index is 139. The van der Waals surface area contributed by atoms with Crippen molar-refractivity contribution < 1.29 is 22.0 Å². The van der Waals surface area contributed by atoms with E-state index in [2.05, 4.69) is 11.6 Å². The molecule has 60 valence electrons. The molecule has 0 aliphatic rings. The van der Waals surface area contributed by atoms with E-state index in [1.54, 1.807) is 0 Å². The highest BCUT2D eigenvalue weighted by Gasteiger charge is 2.26. The van der Waals surface area contributed by atoms with Gasteiger partial charge in [-0.1, -0.05) is 11.6 Å². The highest BCUT2D eigenvalue weighted by Crippen LogP contribution is 2.23. The van der Waals surface area contributed by atoms with E-state index < -0.39 is 23.7 Å². The first-order valence-corrected chi connectivity index (χ1v) is 2.47. The van der Waals surface area contributed by atoms with Crippen LogP contribution in [0.2, 0.25) is 0 Å². The number of allylic oxidation sites excluding steroid dienone is 1. The summed E-state index contributed by atoms with van der Waals surface area (Å²) in [6.07, 6.45) is -9.20. The molecule has 1 atom stereocenters. The second-order valence-electron chi connectivity index (χ2n) is 1.34. The molecule has 0 radical (unpaired) electrons. The van der Waals surface area contributed by atoms with Gasteiger partial charge < -0.3 is 0 Å². The Labute approximate surface area is 58.3 Å². The number of rotatable bonds is 2. The standard InChI is InChI=1S/C4H2ClF5/c5-1(3(7)8)2(6)4(9)10/h2,4H. The van der Waals surface area contributed by atoms with Crippen LogP contribution in [0.1, 0.15) is 0 Å². The van der Waals surface area contributed by atoms with E-state index in [-0.39, 0.29) is 0 Å². The molecule has 6 heteroatoms. The van der Waals surface area contributed by atoms with E-state index in [9.17, 15) is 22.0 Å². The van der Waals surface area contributed by atoms with Crippen molar-refractivity contribution in [2.24, 2.45) is 0 Å². The highest BCUT2D eigenvalue weighted by molar-refractivity contribution is 6.30. The van der Waals surface area contributed by atoms with Gasteiger partial charge in [0.2, 0.25) is 6.17 Å². The lowest BCUT2D eigenvalue weighted by molar-refractivity contribution is 0.0702. The van der Waals surface area contributed by atoms with Gasteiger partial charge in [-0.25, -0.2) is 13.2 Å². The first kappa shape index (κ1) is 9.68. The minimum absolute atomic E-state index is 1.73. The lowest BCUT2D eigenvalue weighted by atomic mass is 10.4. The second kappa shape index (κ2) is 3.75. The average molecular weight is 181 g/mol. The molecule has 0 aliphatic carbocycles. The van der Waals surface area contributed by atoms with Crippen LogP contribution in [0.15, 0.2) is 11.1 Å². The monoisotopic (exact) mass is 180 g/mol. The van der Waals surface area contributed by atoms with Crippen LogP contribution in [0.25, 0.3) is 0 Å². The molecule has 0 amide bonds. The summed E-state index contributed by atoms with van der Waals surface area (Å²) < 4.78 is 56.6. The normalized spacial score (nSPS) is 13.5. The van der Waals surface area contributed by atoms with Gasteiger partial charge in [0.1, 0.15) is 5.03 Å². The van der Waals surface area contributed by atoms with Gasteiger partial charge in [0, 0.05) is 0 Å². The summed E-state index contributed by atoms with van der Waals surface area (Å²) in [5.74, 6) is 0. The minimum atomic E-state index is -3.51. The first-order valence-electron chi connectivity index (χ1n) is 2.09. The molecule has 0 nitrogen and oxygen atoms in total. The Balaban J connectivity index is 4.22. The van der Waals surface area contributed by atoms with Gasteiger partial charge in [-0.3, -0.25) is 0 Å². The lowest BCUT2D eigenvalue weighted by Gasteiger charge is -2.02. The molecule has 1 unspecified atom stereocenters. The van der Waals surface area contributed by atoms with Crippen LogP contribution in [0.3, 0.4) is 0 Å². The number of alkyl halides is 3. The van der Waals surface area contributed by atoms with E-state index in [4.69, 9.17) is 0 Å². The van der Waals surface area contributed by atoms with E-state index in [0.717, 1.165) is 0 Å². The van der Waals surface area contributed by atoms with Crippen molar-refractivity contribution >= 4 is 11.6 Å². The van der Waals surface area contributed by atoms with E-state index in [1.807, 2.05) is 0 Å². The summed E-state index contributed by atoms with van der Waals surface area (Å²) in [6, 6.07) is 0. The molecule has 0 aromatic carbocycles. The maximum atomic E-state index is 11.8. The largest absolute Gasteiger partial charge is 0.287 e. The SMILES string of the molecule is FC(F)=C(Cl)C(F)C(F)F. The van der Waals surface area contributed by atoms with Gasteiger partial charge in [0.15, 0.2) is 0 Å². The first-order chi connectivity index (χ1) is 4.46. The van der Waals surface area contributed by atoms with Gasteiger partial charge in [-0.2, -0.15) is 8.78 Å². The maximum absolute atomic E-state index is 11.8. The zero-order chi connectivity index (χ0) is 8.31. The molecule has 0 fully saturated rings. The van der Waals surface area contributed by atoms with Crippen molar-refractivity contribution in [2.45, 2.75) is 12.6 Å². The molecule has 0 N–H and O–H groups in total. The molecule has 0 saturated carbocycles. The van der Waals surface area contributed by atoms with Crippen LogP contribution >= 0.6 is 11.6 Å². The molecular weight excluding hydrogens is 178 g/mol. The van der Waals surface area contributed by atoms with Crippen molar-refractivity contribution in [1.82, 2.24) is 0 Å². The Hall–Kier alpha value is -0.320. The van der Waals surface area contributed by atoms with Crippen molar-refractivity contribution in [2.75, 3.05) is 0 Å². The second-order valence-corrected chi connectivity index (χ2v) is 1.75. The molecule has 0 bridgehead atoms. The fraction of sp³-hybridized carbons (Fsp3) is 0.500. The zero-order valence-corrected chi connectivity index (χ0v) is 5.18. The van der Waals surface area contributed by atoms with Crippen molar-refractivity contribution in [3.05, 3.63) is 11.1 Å². The third-order valence-electron chi connectivity index (χ3n) is 0.644. The van der Waals surface area contributed by atoms with Gasteiger partial charge in [0.05, 0.1) is 0 Å². The predicted molar refractivity (Wildman–Crippen MR) is 26.0 cm³/mol. The molecular formula is C4H2ClF5. The summed E-state index contributed by atoms with van der Waals surface area (Å²) in [5.41, 5.74) is 0. The van der Waals surface area contributed by atoms with Crippen molar-refractivity contribution in [3.63, 3.8) is 0 Å². The number of halogens is 6. The van der Waals surface area contributed by atoms with Crippen molar-refractivity contribution in [1.29, 1.82) is 0 Å². The fourth-order valence-corrected chi connectivity index (χ4v) is 0.310. The summed E-state index contributed by atoms with van der Waals surface area (Å²) in [5, 5.41) is -1.73. The average Bonchev–Trinajstić information content (AvgIpc) is 1.84. The Morgan fingerprint density at radius 3 is 1.60 bits per heavy atom. The summed E-state index contributed by atoms with van der Waals surface area (Å²) >= 11 is 4.44. The summed E-state index contributed by atoms with van der Waals surface area (Å²) in [7, 11) is 0. The molecule has 0 saturated heterocycles. The molecule has 0 spiro atoms. The lowest BCUT2D eigenvalue weighted by Crippen LogP contribution is -2.12. The van der Waals surface area contributed by atoms with Gasteiger partial charge in [0.25, 0.3) is 12.5 Å². The number of hydrogen-bond donors (Lipinski definition) is 0. The highest BCUT2D eigenvalue weighted by atomic mass is 35.5. The van der Waals surface area contributed by atoms with E-state index in [1.165, 1.54) is 0 Å². The summed E-state index contributed by atoms with van der Waals surface area (Å²) in [6.45, 7) is 0. The quantitative estimate of drug-likeness (QED) is 0.573. The minimum Gasteiger partial charge on any atom is -0.235 e. The molecule has 0 aromatic rings. The third kappa shape index (κ3) is 2.51. The van der Waals surface area contributed by atoms with Crippen LogP contribution in [-0.2, 0) is 0 Å². The fourth-order valence-electron chi connectivity index (χ4n) is 0.215. The Morgan fingerprint density at radius 2 is 1.50 bits per heavy atom. The van der Waals surface area contributed by atoms with Gasteiger partial charge in [-0.15, -0.1) is 0 Å². The van der Waals surface area contributed by atoms with Crippen LogP contribution in [-0.4, -0.2) is 12.6 Å². The maximum Gasteiger partial charge on any atom is 0.287 e. The molecule has 0 aliphatic heterocycles. The van der Waals surface area contributed by atoms with Gasteiger partial charge in [-0.05, 0) is 0 Å². The smallest absolute Gasteiger partial charge is 0.235 e. The Kier molecular flexibility index (Phi) is 3.63. The van der Waals surface area contributed by atoms with E-state index in [0.29, 0.717) is 0 Å². The Morgan fingerprint density at radius 1 is 1.10 bits per heavy atom. The van der Waals surface area contributed by atoms with Crippen LogP contribution in [0.5, 0.6) is 0 Å². The number of hydrogen-bond acceptors (Lipinski definition) is 0. The molecule has 0 heterocycles. The van der Waals surface area contributed by atoms with Crippen LogP contribution in [0.4, 0.5) is 22.0 Å². The molecule has 10 heavy (non-hydrogen) atoms. The molecule has 0 rings (SSSR count).